The van der Waals surface area contributed by atoms with Crippen LogP contribution in [0.15, 0.2) is 27.4 Å². The van der Waals surface area contributed by atoms with Crippen LogP contribution in [0, 0.1) is 6.92 Å². The first-order valence-electron chi connectivity index (χ1n) is 3.84. The van der Waals surface area contributed by atoms with E-state index >= 15 is 0 Å². The topological polar surface area (TPSA) is 69.1 Å². The van der Waals surface area contributed by atoms with Crippen molar-refractivity contribution in [3.63, 3.8) is 0 Å². The highest BCUT2D eigenvalue weighted by Gasteiger charge is 2.02. The molecule has 0 aliphatic heterocycles. The van der Waals surface area contributed by atoms with Gasteiger partial charge in [-0.15, -0.1) is 0 Å². The largest absolute Gasteiger partial charge is 0.441 e. The third kappa shape index (κ3) is 1.26. The molecule has 0 aliphatic rings. The van der Waals surface area contributed by atoms with E-state index in [1.165, 1.54) is 0 Å². The minimum absolute atomic E-state index is 0.214. The normalized spacial score (nSPS) is 10.5. The molecule has 0 saturated heterocycles. The zero-order valence-electron chi connectivity index (χ0n) is 7.07. The van der Waals surface area contributed by atoms with Crippen molar-refractivity contribution in [3.05, 3.63) is 34.3 Å². The molecule has 1 heterocycles. The lowest BCUT2D eigenvalue weighted by atomic mass is 10.2. The molecule has 0 fully saturated rings. The molecule has 0 aliphatic carbocycles. The quantitative estimate of drug-likeness (QED) is 0.652. The fraction of sp³-hybridized carbons (Fsp3) is 0.111. The zero-order chi connectivity index (χ0) is 9.42. The van der Waals surface area contributed by atoms with E-state index in [0.29, 0.717) is 11.0 Å². The Morgan fingerprint density at radius 3 is 3.00 bits per heavy atom. The van der Waals surface area contributed by atoms with Crippen molar-refractivity contribution in [3.8, 4) is 0 Å². The number of nitrogens with zero attached hydrogens (tertiary/aromatic N) is 1. The molecule has 1 aromatic carbocycles. The maximum atomic E-state index is 10.9. The average Bonchev–Trinajstić information content (AvgIpc) is 2.02. The van der Waals surface area contributed by atoms with E-state index in [1.54, 1.807) is 12.1 Å². The highest BCUT2D eigenvalue weighted by atomic mass is 16.4. The smallest absolute Gasteiger partial charge is 0.408 e. The Kier molecular flexibility index (Phi) is 1.55. The molecule has 0 atom stereocenters. The number of nitrogens with two attached hydrogens (primary N) is 1. The summed E-state index contributed by atoms with van der Waals surface area (Å²) >= 11 is 0. The Bertz CT molecular complexity index is 516. The van der Waals surface area contributed by atoms with Gasteiger partial charge in [0.25, 0.3) is 0 Å². The molecular formula is C9H8N2O2. The number of fused-ring (bicyclic) bond motifs is 1. The highest BCUT2D eigenvalue weighted by Crippen LogP contribution is 2.17. The lowest BCUT2D eigenvalue weighted by Gasteiger charge is -1.98. The number of hydrogen-bond donors (Lipinski definition) is 1. The Hall–Kier alpha value is -1.84. The molecule has 4 nitrogen and oxygen atoms in total. The summed E-state index contributed by atoms with van der Waals surface area (Å²) in [5.74, 6) is -0.443. The van der Waals surface area contributed by atoms with E-state index in [-0.39, 0.29) is 5.82 Å². The zero-order valence-corrected chi connectivity index (χ0v) is 7.07. The van der Waals surface area contributed by atoms with Gasteiger partial charge in [0, 0.05) is 0 Å². The van der Waals surface area contributed by atoms with E-state index in [9.17, 15) is 4.79 Å². The van der Waals surface area contributed by atoms with E-state index in [0.717, 1.165) is 5.56 Å². The number of aromatic nitrogens is 1. The monoisotopic (exact) mass is 176 g/mol. The summed E-state index contributed by atoms with van der Waals surface area (Å²) < 4.78 is 4.88. The van der Waals surface area contributed by atoms with Crippen LogP contribution in [0.4, 0.5) is 5.82 Å². The number of anilines is 1. The van der Waals surface area contributed by atoms with Gasteiger partial charge in [-0.2, -0.15) is 4.98 Å². The van der Waals surface area contributed by atoms with E-state index in [2.05, 4.69) is 4.98 Å². The van der Waals surface area contributed by atoms with Gasteiger partial charge in [0.15, 0.2) is 0 Å². The number of aryl methyl sites for hydroxylation is 1. The molecule has 1 aromatic heterocycles. The van der Waals surface area contributed by atoms with Crippen LogP contribution in [0.5, 0.6) is 0 Å². The summed E-state index contributed by atoms with van der Waals surface area (Å²) in [6.45, 7) is 1.91. The summed E-state index contributed by atoms with van der Waals surface area (Å²) in [7, 11) is 0. The molecular weight excluding hydrogens is 168 g/mol. The number of nitrogen functional groups attached to an aromatic ring is 1. The van der Waals surface area contributed by atoms with Crippen molar-refractivity contribution < 1.29 is 4.42 Å². The Morgan fingerprint density at radius 2 is 2.23 bits per heavy atom. The maximum Gasteiger partial charge on any atom is 0.441 e. The van der Waals surface area contributed by atoms with Crippen molar-refractivity contribution in [2.24, 2.45) is 0 Å². The summed E-state index contributed by atoms with van der Waals surface area (Å²) in [5, 5.41) is 0.671. The molecule has 0 saturated carbocycles. The molecule has 0 spiro atoms. The molecule has 13 heavy (non-hydrogen) atoms. The van der Waals surface area contributed by atoms with Gasteiger partial charge in [-0.1, -0.05) is 6.07 Å². The Labute approximate surface area is 74.0 Å². The highest BCUT2D eigenvalue weighted by molar-refractivity contribution is 5.86. The van der Waals surface area contributed by atoms with Gasteiger partial charge in [0.05, 0.1) is 5.39 Å². The summed E-state index contributed by atoms with van der Waals surface area (Å²) in [6, 6.07) is 5.44. The van der Waals surface area contributed by atoms with Crippen LogP contribution in [-0.4, -0.2) is 4.98 Å². The van der Waals surface area contributed by atoms with Crippen molar-refractivity contribution in [2.75, 3.05) is 5.73 Å². The van der Waals surface area contributed by atoms with E-state index in [4.69, 9.17) is 10.2 Å². The second-order valence-corrected chi connectivity index (χ2v) is 2.86. The van der Waals surface area contributed by atoms with Crippen molar-refractivity contribution in [2.45, 2.75) is 6.92 Å². The van der Waals surface area contributed by atoms with E-state index < -0.39 is 5.76 Å². The van der Waals surface area contributed by atoms with Gasteiger partial charge in [0.2, 0.25) is 0 Å². The lowest BCUT2D eigenvalue weighted by molar-refractivity contribution is 0.533. The molecule has 0 amide bonds. The van der Waals surface area contributed by atoms with Crippen LogP contribution in [0.2, 0.25) is 0 Å². The van der Waals surface area contributed by atoms with Crippen molar-refractivity contribution >= 4 is 16.8 Å². The summed E-state index contributed by atoms with van der Waals surface area (Å²) in [6.07, 6.45) is 0. The Balaban J connectivity index is 2.94. The third-order valence-corrected chi connectivity index (χ3v) is 1.82. The van der Waals surface area contributed by atoms with Crippen LogP contribution in [0.1, 0.15) is 5.56 Å². The third-order valence-electron chi connectivity index (χ3n) is 1.82. The lowest BCUT2D eigenvalue weighted by Crippen LogP contribution is -2.07. The minimum Gasteiger partial charge on any atom is -0.408 e. The first kappa shape index (κ1) is 7.79. The molecule has 0 unspecified atom stereocenters. The van der Waals surface area contributed by atoms with Crippen LogP contribution >= 0.6 is 0 Å². The number of hydrogen-bond acceptors (Lipinski definition) is 4. The molecule has 2 aromatic rings. The molecule has 4 heteroatoms. The first-order valence-corrected chi connectivity index (χ1v) is 3.84. The first-order chi connectivity index (χ1) is 6.16. The molecule has 0 radical (unpaired) electrons. The van der Waals surface area contributed by atoms with Gasteiger partial charge in [-0.3, -0.25) is 0 Å². The molecule has 66 valence electrons. The SMILES string of the molecule is Cc1ccc2c(N)nc(=O)oc2c1. The van der Waals surface area contributed by atoms with Crippen LogP contribution in [0.25, 0.3) is 11.0 Å². The molecule has 2 N–H and O–H groups in total. The van der Waals surface area contributed by atoms with Gasteiger partial charge in [-0.25, -0.2) is 4.79 Å². The maximum absolute atomic E-state index is 10.9. The van der Waals surface area contributed by atoms with Crippen LogP contribution in [0.3, 0.4) is 0 Å². The predicted molar refractivity (Wildman–Crippen MR) is 49.4 cm³/mol. The van der Waals surface area contributed by atoms with Crippen LogP contribution < -0.4 is 11.5 Å². The van der Waals surface area contributed by atoms with Gasteiger partial charge >= 0.3 is 5.76 Å². The Morgan fingerprint density at radius 1 is 1.46 bits per heavy atom. The van der Waals surface area contributed by atoms with Gasteiger partial charge < -0.3 is 10.2 Å². The van der Waals surface area contributed by atoms with E-state index in [1.807, 2.05) is 13.0 Å². The second kappa shape index (κ2) is 2.58. The molecule has 0 bridgehead atoms. The average molecular weight is 176 g/mol. The number of benzene rings is 1. The fourth-order valence-electron chi connectivity index (χ4n) is 1.20. The molecule has 2 rings (SSSR count). The summed E-state index contributed by atoms with van der Waals surface area (Å²) in [4.78, 5) is 14.3. The van der Waals surface area contributed by atoms with Crippen molar-refractivity contribution in [1.82, 2.24) is 4.98 Å². The van der Waals surface area contributed by atoms with Gasteiger partial charge in [-0.05, 0) is 24.6 Å². The standard InChI is InChI=1S/C9H8N2O2/c1-5-2-3-6-7(4-5)13-9(12)11-8(6)10/h2-4H,1H3,(H2,10,11,12). The van der Waals surface area contributed by atoms with Crippen molar-refractivity contribution in [1.29, 1.82) is 0 Å². The summed E-state index contributed by atoms with van der Waals surface area (Å²) in [5.41, 5.74) is 7.03. The predicted octanol–water partition coefficient (Wildman–Crippen LogP) is 1.08. The van der Waals surface area contributed by atoms with Crippen LogP contribution in [-0.2, 0) is 0 Å². The second-order valence-electron chi connectivity index (χ2n) is 2.86. The minimum atomic E-state index is -0.657. The fourth-order valence-corrected chi connectivity index (χ4v) is 1.20. The number of rotatable bonds is 0. The van der Waals surface area contributed by atoms with Gasteiger partial charge in [0.1, 0.15) is 11.4 Å².